The number of aromatic nitrogens is 1. The van der Waals surface area contributed by atoms with E-state index < -0.39 is 0 Å². The van der Waals surface area contributed by atoms with E-state index >= 15 is 0 Å². The Morgan fingerprint density at radius 3 is 2.63 bits per heavy atom. The van der Waals surface area contributed by atoms with E-state index in [1.165, 1.54) is 18.5 Å². The molecule has 0 bridgehead atoms. The topological polar surface area (TPSA) is 74.5 Å². The fraction of sp³-hybridized carbons (Fsp3) is 0.429. The number of carbonyl (C=O) groups is 1. The minimum absolute atomic E-state index is 0.0888. The zero-order valence-corrected chi connectivity index (χ0v) is 15.6. The van der Waals surface area contributed by atoms with Gasteiger partial charge in [-0.05, 0) is 37.1 Å². The van der Waals surface area contributed by atoms with Crippen molar-refractivity contribution in [1.29, 1.82) is 0 Å². The molecule has 27 heavy (non-hydrogen) atoms. The Hall–Kier alpha value is -2.60. The third-order valence-electron chi connectivity index (χ3n) is 5.76. The smallest absolute Gasteiger partial charge is 0.251 e. The molecular formula is C21H27N5O. The normalized spacial score (nSPS) is 21.8. The average Bonchev–Trinajstić information content (AvgIpc) is 3.34. The zero-order chi connectivity index (χ0) is 18.7. The van der Waals surface area contributed by atoms with Crippen molar-refractivity contribution in [2.45, 2.75) is 12.8 Å². The van der Waals surface area contributed by atoms with Crippen LogP contribution in [-0.4, -0.2) is 50.2 Å². The summed E-state index contributed by atoms with van der Waals surface area (Å²) in [7, 11) is 0. The molecule has 6 heteroatoms. The van der Waals surface area contributed by atoms with Crippen LogP contribution in [0, 0.1) is 5.41 Å². The first kappa shape index (κ1) is 17.8. The number of benzene rings is 1. The lowest BCUT2D eigenvalue weighted by molar-refractivity contribution is 0.0954. The highest BCUT2D eigenvalue weighted by molar-refractivity contribution is 5.94. The number of rotatable bonds is 5. The fourth-order valence-corrected chi connectivity index (χ4v) is 4.28. The van der Waals surface area contributed by atoms with Gasteiger partial charge in [0.05, 0.1) is 0 Å². The SMILES string of the molecule is NCCNC(=O)c1ccnc(N2CCC3(CCN(c4ccccc4)C3)C2)c1. The molecule has 3 N–H and O–H groups in total. The molecule has 2 saturated heterocycles. The van der Waals surface area contributed by atoms with E-state index in [1.54, 1.807) is 12.3 Å². The second-order valence-corrected chi connectivity index (χ2v) is 7.63. The van der Waals surface area contributed by atoms with Crippen molar-refractivity contribution in [1.82, 2.24) is 10.3 Å². The number of pyridine rings is 1. The first-order valence-electron chi connectivity index (χ1n) is 9.68. The third kappa shape index (κ3) is 3.76. The average molecular weight is 365 g/mol. The Morgan fingerprint density at radius 1 is 1.11 bits per heavy atom. The highest BCUT2D eigenvalue weighted by Crippen LogP contribution is 2.42. The Balaban J connectivity index is 1.43. The van der Waals surface area contributed by atoms with Gasteiger partial charge in [0, 0.05) is 62.1 Å². The molecule has 2 fully saturated rings. The quantitative estimate of drug-likeness (QED) is 0.846. The lowest BCUT2D eigenvalue weighted by Gasteiger charge is -2.26. The van der Waals surface area contributed by atoms with Crippen molar-refractivity contribution >= 4 is 17.4 Å². The fourth-order valence-electron chi connectivity index (χ4n) is 4.28. The maximum atomic E-state index is 12.2. The summed E-state index contributed by atoms with van der Waals surface area (Å²) in [6.45, 7) is 5.10. The summed E-state index contributed by atoms with van der Waals surface area (Å²) in [6.07, 6.45) is 4.10. The first-order chi connectivity index (χ1) is 13.2. The number of nitrogens with zero attached hydrogens (tertiary/aromatic N) is 3. The van der Waals surface area contributed by atoms with Gasteiger partial charge in [-0.1, -0.05) is 18.2 Å². The second-order valence-electron chi connectivity index (χ2n) is 7.63. The summed E-state index contributed by atoms with van der Waals surface area (Å²) < 4.78 is 0. The van der Waals surface area contributed by atoms with Crippen LogP contribution >= 0.6 is 0 Å². The third-order valence-corrected chi connectivity index (χ3v) is 5.76. The lowest BCUT2D eigenvalue weighted by Crippen LogP contribution is -2.31. The van der Waals surface area contributed by atoms with Crippen molar-refractivity contribution in [3.8, 4) is 0 Å². The lowest BCUT2D eigenvalue weighted by atomic mass is 9.86. The number of carbonyl (C=O) groups excluding carboxylic acids is 1. The molecule has 0 aliphatic carbocycles. The van der Waals surface area contributed by atoms with Crippen LogP contribution in [0.3, 0.4) is 0 Å². The van der Waals surface area contributed by atoms with E-state index in [9.17, 15) is 4.79 Å². The van der Waals surface area contributed by atoms with Crippen LogP contribution in [0.2, 0.25) is 0 Å². The largest absolute Gasteiger partial charge is 0.371 e. The standard InChI is InChI=1S/C21H27N5O/c22-9-11-24-20(27)17-6-10-23-19(14-17)26-13-8-21(16-26)7-12-25(15-21)18-4-2-1-3-5-18/h1-6,10,14H,7-9,11-13,15-16,22H2,(H,24,27). The highest BCUT2D eigenvalue weighted by Gasteiger charge is 2.43. The summed E-state index contributed by atoms with van der Waals surface area (Å²) >= 11 is 0. The molecule has 4 rings (SSSR count). The van der Waals surface area contributed by atoms with Gasteiger partial charge in [-0.2, -0.15) is 0 Å². The van der Waals surface area contributed by atoms with Gasteiger partial charge in [0.25, 0.3) is 5.91 Å². The number of hydrogen-bond donors (Lipinski definition) is 2. The van der Waals surface area contributed by atoms with E-state index in [4.69, 9.17) is 5.73 Å². The molecule has 3 heterocycles. The van der Waals surface area contributed by atoms with Crippen LogP contribution in [0.4, 0.5) is 11.5 Å². The van der Waals surface area contributed by atoms with E-state index in [1.807, 2.05) is 6.07 Å². The molecule has 2 aromatic rings. The predicted molar refractivity (Wildman–Crippen MR) is 108 cm³/mol. The molecule has 1 aromatic carbocycles. The summed E-state index contributed by atoms with van der Waals surface area (Å²) in [4.78, 5) is 21.5. The zero-order valence-electron chi connectivity index (χ0n) is 15.6. The van der Waals surface area contributed by atoms with E-state index in [2.05, 4.69) is 50.4 Å². The van der Waals surface area contributed by atoms with Crippen LogP contribution in [-0.2, 0) is 0 Å². The van der Waals surface area contributed by atoms with E-state index in [0.717, 1.165) is 32.0 Å². The van der Waals surface area contributed by atoms with Gasteiger partial charge in [0.1, 0.15) is 5.82 Å². The Kier molecular flexibility index (Phi) is 4.99. The van der Waals surface area contributed by atoms with Gasteiger partial charge in [0.15, 0.2) is 0 Å². The summed E-state index contributed by atoms with van der Waals surface area (Å²) in [5, 5.41) is 2.82. The minimum Gasteiger partial charge on any atom is -0.371 e. The summed E-state index contributed by atoms with van der Waals surface area (Å²) in [6, 6.07) is 14.3. The highest BCUT2D eigenvalue weighted by atomic mass is 16.1. The van der Waals surface area contributed by atoms with Gasteiger partial charge < -0.3 is 20.9 Å². The molecule has 1 amide bonds. The number of hydrogen-bond acceptors (Lipinski definition) is 5. The number of nitrogens with one attached hydrogen (secondary N) is 1. The predicted octanol–water partition coefficient (Wildman–Crippen LogP) is 1.88. The molecule has 2 aliphatic rings. The van der Waals surface area contributed by atoms with Crippen molar-refractivity contribution in [2.75, 3.05) is 49.1 Å². The van der Waals surface area contributed by atoms with Crippen molar-refractivity contribution in [2.24, 2.45) is 11.1 Å². The molecule has 1 unspecified atom stereocenters. The monoisotopic (exact) mass is 365 g/mol. The molecule has 2 aliphatic heterocycles. The number of nitrogens with two attached hydrogens (primary N) is 1. The number of amides is 1. The maximum absolute atomic E-state index is 12.2. The molecule has 0 radical (unpaired) electrons. The second kappa shape index (κ2) is 7.56. The van der Waals surface area contributed by atoms with Gasteiger partial charge in [-0.15, -0.1) is 0 Å². The van der Waals surface area contributed by atoms with E-state index in [0.29, 0.717) is 24.1 Å². The van der Waals surface area contributed by atoms with Crippen molar-refractivity contribution < 1.29 is 4.79 Å². The molecule has 6 nitrogen and oxygen atoms in total. The molecule has 1 aromatic heterocycles. The Morgan fingerprint density at radius 2 is 1.85 bits per heavy atom. The van der Waals surface area contributed by atoms with Gasteiger partial charge in [-0.25, -0.2) is 4.98 Å². The van der Waals surface area contributed by atoms with Crippen LogP contribution in [0.15, 0.2) is 48.7 Å². The van der Waals surface area contributed by atoms with Crippen LogP contribution in [0.5, 0.6) is 0 Å². The van der Waals surface area contributed by atoms with Crippen LogP contribution in [0.1, 0.15) is 23.2 Å². The summed E-state index contributed by atoms with van der Waals surface area (Å²) in [5.74, 6) is 0.805. The molecule has 1 spiro atoms. The van der Waals surface area contributed by atoms with Gasteiger partial charge in [-0.3, -0.25) is 4.79 Å². The van der Waals surface area contributed by atoms with Gasteiger partial charge >= 0.3 is 0 Å². The summed E-state index contributed by atoms with van der Waals surface area (Å²) in [5.41, 5.74) is 7.73. The maximum Gasteiger partial charge on any atom is 0.251 e. The first-order valence-corrected chi connectivity index (χ1v) is 9.68. The molecule has 1 atom stereocenters. The Labute approximate surface area is 160 Å². The van der Waals surface area contributed by atoms with Crippen LogP contribution in [0.25, 0.3) is 0 Å². The van der Waals surface area contributed by atoms with Crippen molar-refractivity contribution in [3.05, 3.63) is 54.2 Å². The number of anilines is 2. The van der Waals surface area contributed by atoms with Crippen LogP contribution < -0.4 is 20.9 Å². The molecule has 142 valence electrons. The van der Waals surface area contributed by atoms with E-state index in [-0.39, 0.29) is 5.91 Å². The van der Waals surface area contributed by atoms with Crippen molar-refractivity contribution in [3.63, 3.8) is 0 Å². The number of para-hydroxylation sites is 1. The van der Waals surface area contributed by atoms with Gasteiger partial charge in [0.2, 0.25) is 0 Å². The Bertz CT molecular complexity index is 796. The minimum atomic E-state index is -0.0888. The molecular weight excluding hydrogens is 338 g/mol. The molecule has 0 saturated carbocycles.